The average molecular weight is 1180 g/mol. The Labute approximate surface area is 506 Å². The number of nitrogens with one attached hydrogen (secondary N) is 1. The van der Waals surface area contributed by atoms with Crippen molar-refractivity contribution in [2.24, 2.45) is 33.5 Å². The van der Waals surface area contributed by atoms with E-state index < -0.39 is 12.4 Å². The first-order valence-corrected chi connectivity index (χ1v) is 31.3. The molecule has 1 amide bonds. The summed E-state index contributed by atoms with van der Waals surface area (Å²) in [4.78, 5) is 44.7. The van der Waals surface area contributed by atoms with E-state index in [1.165, 1.54) is 44.1 Å². The van der Waals surface area contributed by atoms with Crippen molar-refractivity contribution in [1.82, 2.24) is 5.32 Å². The lowest BCUT2D eigenvalue weighted by molar-refractivity contribution is -0.189. The average Bonchev–Trinajstić information content (AvgIpc) is 3.20. The second kappa shape index (κ2) is 43.6. The topological polar surface area (TPSA) is 174 Å². The van der Waals surface area contributed by atoms with Crippen molar-refractivity contribution in [1.29, 1.82) is 0 Å². The molecular weight excluding hydrogens is 1050 g/mol. The van der Waals surface area contributed by atoms with E-state index in [1.807, 2.05) is 159 Å². The molecule has 0 radical (unpaired) electrons. The molecule has 0 atom stereocenters. The molecule has 15 heteroatoms. The van der Waals surface area contributed by atoms with Gasteiger partial charge in [0.2, 0.25) is 12.2 Å². The lowest BCUT2D eigenvalue weighted by Crippen LogP contribution is -2.35. The van der Waals surface area contributed by atoms with E-state index in [2.05, 4.69) is 58.6 Å². The normalized spacial score (nSPS) is 12.6. The molecule has 490 valence electrons. The Kier molecular flexibility index (Phi) is 48.5. The Morgan fingerprint density at radius 3 is 1.01 bits per heavy atom. The van der Waals surface area contributed by atoms with E-state index in [4.69, 9.17) is 37.9 Å². The summed E-state index contributed by atoms with van der Waals surface area (Å²) in [6.07, 6.45) is 5.48. The molecule has 2 N–H and O–H groups in total. The molecule has 0 saturated heterocycles. The van der Waals surface area contributed by atoms with E-state index in [0.717, 1.165) is 6.42 Å². The predicted octanol–water partition coefficient (Wildman–Crippen LogP) is 16.4. The zero-order chi connectivity index (χ0) is 65.7. The first kappa shape index (κ1) is 90.2. The Bertz CT molecular complexity index is 1490. The Hall–Kier alpha value is -2.01. The zero-order valence-corrected chi connectivity index (χ0v) is 60.4. The van der Waals surface area contributed by atoms with E-state index in [0.29, 0.717) is 56.8 Å². The van der Waals surface area contributed by atoms with Crippen molar-refractivity contribution < 1.29 is 62.2 Å². The van der Waals surface area contributed by atoms with E-state index >= 15 is 0 Å². The first-order chi connectivity index (χ1) is 35.8. The molecule has 81 heavy (non-hydrogen) atoms. The third-order valence-electron chi connectivity index (χ3n) is 9.37. The molecular formula is C66H137NO13S. The minimum absolute atomic E-state index is 0.00449. The number of amides is 1. The van der Waals surface area contributed by atoms with Crippen LogP contribution in [0.15, 0.2) is 0 Å². The van der Waals surface area contributed by atoms with Crippen LogP contribution in [0, 0.1) is 33.5 Å². The van der Waals surface area contributed by atoms with Crippen molar-refractivity contribution in [3.8, 4) is 0 Å². The Morgan fingerprint density at radius 1 is 0.432 bits per heavy atom. The molecule has 0 rings (SSSR count). The van der Waals surface area contributed by atoms with Crippen LogP contribution in [0.4, 0.5) is 0 Å². The molecule has 0 heterocycles. The summed E-state index contributed by atoms with van der Waals surface area (Å²) in [6.45, 7) is 71.4. The lowest BCUT2D eigenvalue weighted by atomic mass is 9.91. The van der Waals surface area contributed by atoms with Gasteiger partial charge >= 0.3 is 17.9 Å². The number of aliphatic hydroxyl groups excluding tert-OH is 1. The highest BCUT2D eigenvalue weighted by Gasteiger charge is 2.22. The second-order valence-corrected chi connectivity index (χ2v) is 32.4. The second-order valence-electron chi connectivity index (χ2n) is 31.2. The molecule has 0 aliphatic carbocycles. The van der Waals surface area contributed by atoms with Gasteiger partial charge in [-0.3, -0.25) is 19.2 Å². The fourth-order valence-corrected chi connectivity index (χ4v) is 6.13. The van der Waals surface area contributed by atoms with Crippen LogP contribution in [0.1, 0.15) is 274 Å². The van der Waals surface area contributed by atoms with E-state index in [9.17, 15) is 24.3 Å². The lowest BCUT2D eigenvalue weighted by Gasteiger charge is -2.25. The highest BCUT2D eigenvalue weighted by Crippen LogP contribution is 2.25. The van der Waals surface area contributed by atoms with Gasteiger partial charge in [0.25, 0.3) is 0 Å². The number of carbonyl (C=O) groups is 4. The van der Waals surface area contributed by atoms with Gasteiger partial charge in [0.05, 0.1) is 78.8 Å². The summed E-state index contributed by atoms with van der Waals surface area (Å²) < 4.78 is 42.1. The Balaban J connectivity index is -0.000000209. The smallest absolute Gasteiger partial charge is 0.311 e. The van der Waals surface area contributed by atoms with Crippen LogP contribution in [-0.2, 0) is 57.1 Å². The summed E-state index contributed by atoms with van der Waals surface area (Å²) >= 11 is 2.13. The van der Waals surface area contributed by atoms with Gasteiger partial charge in [-0.2, -0.15) is 11.8 Å². The standard InChI is InChI=1S/C14H30S.C12H25NO2.C11H24O3.C10H18O4.C10H22O2.C9H18O2/c1-13(2,3)9-7-11-15-12-8-10-14(4,5)6;1-11(2,3)10(14)13-8-7-9-15-12(4,5)6;1-10(2,3)13-7-9(12)8-14-11(4,5)6;1-6(2)9(11)13-8(5)14-10(12)7(3)4;1-9(2,3)11-7-8-12-10(4,5)6;1-7(2)11-8(10)6-9(3,4)5/h7-12H2,1-6H3;7-9H2,1-6H3,(H,13,14);9,12H,7-8H2,1-6H3;6-8H,1-5H3;7-8H2,1-6H3;7H,6H2,1-5H3. The monoisotopic (exact) mass is 1180 g/mol. The number of hydrogen-bond acceptors (Lipinski definition) is 14. The number of rotatable bonds is 23. The molecule has 0 saturated carbocycles. The molecule has 0 aromatic heterocycles. The van der Waals surface area contributed by atoms with Gasteiger partial charge < -0.3 is 48.3 Å². The quantitative estimate of drug-likeness (QED) is 0.0562. The summed E-state index contributed by atoms with van der Waals surface area (Å²) in [5.41, 5.74) is 0.163. The van der Waals surface area contributed by atoms with Crippen molar-refractivity contribution in [3.63, 3.8) is 0 Å². The summed E-state index contributed by atoms with van der Waals surface area (Å²) in [5.74, 6) is 1.53. The molecule has 0 fully saturated rings. The van der Waals surface area contributed by atoms with Crippen molar-refractivity contribution in [2.45, 2.75) is 320 Å². The number of aliphatic hydroxyl groups is 1. The maximum Gasteiger partial charge on any atom is 0.311 e. The van der Waals surface area contributed by atoms with Gasteiger partial charge in [-0.25, -0.2) is 0 Å². The predicted molar refractivity (Wildman–Crippen MR) is 343 cm³/mol. The number of esters is 3. The molecule has 0 unspecified atom stereocenters. The number of hydrogen-bond donors (Lipinski definition) is 2. The minimum atomic E-state index is -0.806. The van der Waals surface area contributed by atoms with Crippen LogP contribution in [-0.4, -0.2) is 127 Å². The van der Waals surface area contributed by atoms with Crippen LogP contribution in [0.3, 0.4) is 0 Å². The number of thioether (sulfide) groups is 1. The van der Waals surface area contributed by atoms with Gasteiger partial charge in [0.1, 0.15) is 6.10 Å². The highest BCUT2D eigenvalue weighted by atomic mass is 32.2. The van der Waals surface area contributed by atoms with Crippen LogP contribution >= 0.6 is 11.8 Å². The molecule has 14 nitrogen and oxygen atoms in total. The summed E-state index contributed by atoms with van der Waals surface area (Å²) in [7, 11) is 0. The van der Waals surface area contributed by atoms with Gasteiger partial charge in [0.15, 0.2) is 0 Å². The van der Waals surface area contributed by atoms with Crippen LogP contribution < -0.4 is 5.32 Å². The first-order valence-electron chi connectivity index (χ1n) is 30.1. The van der Waals surface area contributed by atoms with Crippen molar-refractivity contribution in [3.05, 3.63) is 0 Å². The molecule has 0 aliphatic rings. The minimum Gasteiger partial charge on any atom is -0.463 e. The van der Waals surface area contributed by atoms with E-state index in [1.54, 1.807) is 27.7 Å². The van der Waals surface area contributed by atoms with Crippen LogP contribution in [0.2, 0.25) is 0 Å². The number of ether oxygens (including phenoxy) is 8. The van der Waals surface area contributed by atoms with E-state index in [-0.39, 0.29) is 80.6 Å². The third kappa shape index (κ3) is 89.4. The summed E-state index contributed by atoms with van der Waals surface area (Å²) in [5, 5.41) is 12.4. The third-order valence-corrected chi connectivity index (χ3v) is 10.5. The largest absolute Gasteiger partial charge is 0.463 e. The van der Waals surface area contributed by atoms with Crippen LogP contribution in [0.25, 0.3) is 0 Å². The number of carbonyl (C=O) groups excluding carboxylic acids is 4. The van der Waals surface area contributed by atoms with Crippen molar-refractivity contribution >= 4 is 35.6 Å². The zero-order valence-electron chi connectivity index (χ0n) is 59.5. The maximum atomic E-state index is 11.5. The Morgan fingerprint density at radius 2 is 0.753 bits per heavy atom. The highest BCUT2D eigenvalue weighted by molar-refractivity contribution is 7.99. The summed E-state index contributed by atoms with van der Waals surface area (Å²) in [6, 6.07) is 0. The maximum absolute atomic E-state index is 11.5. The SMILES string of the molecule is CC(C)(C)CCCSCCCC(C)(C)C.CC(C)(C)OCC(O)COC(C)(C)C.CC(C)(C)OCCCNC(=O)C(C)(C)C.CC(C)(C)OCCOC(C)(C)C.CC(C)OC(=O)CC(C)(C)C.CC(OC(=O)C(C)C)OC(=O)C(C)C. The fourth-order valence-electron chi connectivity index (χ4n) is 5.23. The van der Waals surface area contributed by atoms with Gasteiger partial charge in [-0.15, -0.1) is 0 Å². The van der Waals surface area contributed by atoms with Crippen molar-refractivity contribution in [2.75, 3.05) is 51.1 Å². The fraction of sp³-hybridized carbons (Fsp3) is 0.939. The molecule has 0 aliphatic heterocycles. The molecule has 0 spiro atoms. The van der Waals surface area contributed by atoms with Gasteiger partial charge in [0, 0.05) is 25.5 Å². The molecule has 0 aromatic carbocycles. The molecule has 0 aromatic rings. The van der Waals surface area contributed by atoms with Crippen LogP contribution in [0.5, 0.6) is 0 Å². The van der Waals surface area contributed by atoms with Gasteiger partial charge in [-0.1, -0.05) is 111 Å². The van der Waals surface area contributed by atoms with Gasteiger partial charge in [-0.05, 0) is 178 Å². The molecule has 0 bridgehead atoms.